The fourth-order valence-corrected chi connectivity index (χ4v) is 4.31. The fourth-order valence-electron chi connectivity index (χ4n) is 3.71. The van der Waals surface area contributed by atoms with Gasteiger partial charge >= 0.3 is 0 Å². The monoisotopic (exact) mass is 401 g/mol. The molecule has 0 spiro atoms. The summed E-state index contributed by atoms with van der Waals surface area (Å²) < 4.78 is 5.32. The zero-order valence-electron chi connectivity index (χ0n) is 17.3. The van der Waals surface area contributed by atoms with Gasteiger partial charge < -0.3 is 15.0 Å². The second kappa shape index (κ2) is 9.89. The number of hydrogen-bond donors (Lipinski definition) is 1. The van der Waals surface area contributed by atoms with Crippen molar-refractivity contribution in [1.29, 1.82) is 0 Å². The summed E-state index contributed by atoms with van der Waals surface area (Å²) in [4.78, 5) is 13.7. The van der Waals surface area contributed by atoms with Gasteiger partial charge in [-0.15, -0.1) is 11.3 Å². The van der Waals surface area contributed by atoms with Crippen molar-refractivity contribution in [2.24, 2.45) is 4.99 Å². The van der Waals surface area contributed by atoms with Crippen LogP contribution in [0.15, 0.2) is 34.6 Å². The van der Waals surface area contributed by atoms with E-state index in [0.29, 0.717) is 6.04 Å². The topological polar surface area (TPSA) is 53.0 Å². The molecule has 2 heterocycles. The van der Waals surface area contributed by atoms with Gasteiger partial charge in [0.2, 0.25) is 0 Å². The van der Waals surface area contributed by atoms with Gasteiger partial charge in [-0.25, -0.2) is 4.98 Å². The van der Waals surface area contributed by atoms with Crippen molar-refractivity contribution in [1.82, 2.24) is 20.1 Å². The van der Waals surface area contributed by atoms with Crippen LogP contribution in [0.5, 0.6) is 5.75 Å². The number of rotatable bonds is 7. The van der Waals surface area contributed by atoms with Gasteiger partial charge in [-0.3, -0.25) is 9.89 Å². The second-order valence-electron chi connectivity index (χ2n) is 7.17. The third-order valence-corrected chi connectivity index (χ3v) is 6.00. The van der Waals surface area contributed by atoms with Crippen LogP contribution >= 0.6 is 11.3 Å². The minimum atomic E-state index is 0.320. The lowest BCUT2D eigenvalue weighted by Crippen LogP contribution is -2.43. The molecule has 28 heavy (non-hydrogen) atoms. The number of likely N-dealkylation sites (tertiary alicyclic amines) is 1. The zero-order chi connectivity index (χ0) is 19.9. The van der Waals surface area contributed by atoms with Crippen molar-refractivity contribution in [3.63, 3.8) is 0 Å². The maximum Gasteiger partial charge on any atom is 0.193 e. The molecule has 6 nitrogen and oxygen atoms in total. The molecule has 0 radical (unpaired) electrons. The molecule has 1 atom stereocenters. The Morgan fingerprint density at radius 1 is 1.32 bits per heavy atom. The SMILES string of the molecule is CN=C(NCC(c1ccc(OC)cc1)N1CCCC1)N(C)Cc1csc(C)n1. The molecule has 0 amide bonds. The molecule has 0 bridgehead atoms. The lowest BCUT2D eigenvalue weighted by atomic mass is 10.1. The van der Waals surface area contributed by atoms with E-state index in [2.05, 4.69) is 49.7 Å². The molecule has 2 aromatic rings. The third-order valence-electron chi connectivity index (χ3n) is 5.17. The zero-order valence-corrected chi connectivity index (χ0v) is 18.1. The number of nitrogens with zero attached hydrogens (tertiary/aromatic N) is 4. The number of aryl methyl sites for hydroxylation is 1. The Hall–Kier alpha value is -2.12. The van der Waals surface area contributed by atoms with Crippen LogP contribution in [0.3, 0.4) is 0 Å². The standard InChI is InChI=1S/C21H31N5OS/c1-16-24-18(15-28-16)14-25(3)21(22-2)23-13-20(26-11-5-6-12-26)17-7-9-19(27-4)10-8-17/h7-10,15,20H,5-6,11-14H2,1-4H3,(H,22,23). The predicted molar refractivity (Wildman–Crippen MR) is 116 cm³/mol. The van der Waals surface area contributed by atoms with Gasteiger partial charge in [-0.2, -0.15) is 0 Å². The van der Waals surface area contributed by atoms with Crippen LogP contribution in [-0.2, 0) is 6.54 Å². The van der Waals surface area contributed by atoms with Crippen LogP contribution in [0.1, 0.15) is 35.1 Å². The first kappa shape index (κ1) is 20.6. The van der Waals surface area contributed by atoms with Crippen molar-refractivity contribution < 1.29 is 4.74 Å². The minimum Gasteiger partial charge on any atom is -0.497 e. The van der Waals surface area contributed by atoms with Crippen molar-refractivity contribution in [3.8, 4) is 5.75 Å². The van der Waals surface area contributed by atoms with Crippen LogP contribution in [0.2, 0.25) is 0 Å². The summed E-state index contributed by atoms with van der Waals surface area (Å²) in [5, 5.41) is 6.79. The van der Waals surface area contributed by atoms with Crippen LogP contribution in [-0.4, -0.2) is 61.6 Å². The number of methoxy groups -OCH3 is 1. The first-order chi connectivity index (χ1) is 13.6. The van der Waals surface area contributed by atoms with E-state index in [1.54, 1.807) is 18.4 Å². The molecular weight excluding hydrogens is 370 g/mol. The average Bonchev–Trinajstić information content (AvgIpc) is 3.37. The summed E-state index contributed by atoms with van der Waals surface area (Å²) in [6, 6.07) is 8.76. The van der Waals surface area contributed by atoms with E-state index in [0.717, 1.165) is 48.6 Å². The molecule has 1 aromatic heterocycles. The molecule has 1 aromatic carbocycles. The highest BCUT2D eigenvalue weighted by Crippen LogP contribution is 2.26. The molecule has 152 valence electrons. The number of guanidine groups is 1. The molecule has 1 unspecified atom stereocenters. The van der Waals surface area contributed by atoms with Gasteiger partial charge in [0.05, 0.1) is 30.4 Å². The molecule has 1 aliphatic heterocycles. The molecule has 1 aliphatic rings. The number of benzene rings is 1. The summed E-state index contributed by atoms with van der Waals surface area (Å²) in [5.41, 5.74) is 2.39. The molecule has 0 saturated carbocycles. The smallest absolute Gasteiger partial charge is 0.193 e. The molecular formula is C21H31N5OS. The van der Waals surface area contributed by atoms with E-state index in [-0.39, 0.29) is 0 Å². The maximum absolute atomic E-state index is 5.32. The van der Waals surface area contributed by atoms with E-state index < -0.39 is 0 Å². The van der Waals surface area contributed by atoms with E-state index >= 15 is 0 Å². The summed E-state index contributed by atoms with van der Waals surface area (Å²) in [6.45, 7) is 5.90. The van der Waals surface area contributed by atoms with Gasteiger partial charge in [0, 0.05) is 26.0 Å². The summed E-state index contributed by atoms with van der Waals surface area (Å²) >= 11 is 1.69. The Kier molecular flexibility index (Phi) is 7.28. The highest BCUT2D eigenvalue weighted by atomic mass is 32.1. The molecule has 1 saturated heterocycles. The van der Waals surface area contributed by atoms with Gasteiger partial charge in [-0.1, -0.05) is 12.1 Å². The highest BCUT2D eigenvalue weighted by molar-refractivity contribution is 7.09. The number of nitrogens with one attached hydrogen (secondary N) is 1. The lowest BCUT2D eigenvalue weighted by molar-refractivity contribution is 0.243. The van der Waals surface area contributed by atoms with Gasteiger partial charge in [-0.05, 0) is 50.6 Å². The number of aliphatic imine (C=N–C) groups is 1. The Morgan fingerprint density at radius 2 is 2.04 bits per heavy atom. The average molecular weight is 402 g/mol. The normalized spacial score (nSPS) is 16.2. The van der Waals surface area contributed by atoms with Crippen molar-refractivity contribution in [2.45, 2.75) is 32.4 Å². The van der Waals surface area contributed by atoms with Gasteiger partial charge in [0.1, 0.15) is 5.75 Å². The molecule has 3 rings (SSSR count). The summed E-state index contributed by atoms with van der Waals surface area (Å²) in [6.07, 6.45) is 2.54. The number of thiazole rings is 1. The summed E-state index contributed by atoms with van der Waals surface area (Å²) in [7, 11) is 5.60. The number of hydrogen-bond acceptors (Lipinski definition) is 5. The number of aromatic nitrogens is 1. The number of ether oxygens (including phenoxy) is 1. The molecule has 0 aliphatic carbocycles. The van der Waals surface area contributed by atoms with Gasteiger partial charge in [0.15, 0.2) is 5.96 Å². The first-order valence-electron chi connectivity index (χ1n) is 9.81. The third kappa shape index (κ3) is 5.23. The largest absolute Gasteiger partial charge is 0.497 e. The predicted octanol–water partition coefficient (Wildman–Crippen LogP) is 3.30. The van der Waals surface area contributed by atoms with E-state index in [1.165, 1.54) is 18.4 Å². The minimum absolute atomic E-state index is 0.320. The van der Waals surface area contributed by atoms with Crippen molar-refractivity contribution in [2.75, 3.05) is 40.8 Å². The van der Waals surface area contributed by atoms with Crippen LogP contribution in [0.4, 0.5) is 0 Å². The van der Waals surface area contributed by atoms with Crippen LogP contribution < -0.4 is 10.1 Å². The Labute approximate surface area is 172 Å². The van der Waals surface area contributed by atoms with Crippen molar-refractivity contribution in [3.05, 3.63) is 45.9 Å². The second-order valence-corrected chi connectivity index (χ2v) is 8.24. The maximum atomic E-state index is 5.32. The van der Waals surface area contributed by atoms with E-state index in [1.807, 2.05) is 26.1 Å². The Balaban J connectivity index is 1.67. The first-order valence-corrected chi connectivity index (χ1v) is 10.7. The van der Waals surface area contributed by atoms with Crippen LogP contribution in [0.25, 0.3) is 0 Å². The lowest BCUT2D eigenvalue weighted by Gasteiger charge is -2.30. The molecule has 1 fully saturated rings. The Morgan fingerprint density at radius 3 is 2.61 bits per heavy atom. The van der Waals surface area contributed by atoms with Crippen molar-refractivity contribution >= 4 is 17.3 Å². The fraction of sp³-hybridized carbons (Fsp3) is 0.524. The highest BCUT2D eigenvalue weighted by Gasteiger charge is 2.24. The summed E-state index contributed by atoms with van der Waals surface area (Å²) in [5.74, 6) is 1.79. The molecule has 7 heteroatoms. The van der Waals surface area contributed by atoms with E-state index in [4.69, 9.17) is 4.74 Å². The van der Waals surface area contributed by atoms with Gasteiger partial charge in [0.25, 0.3) is 0 Å². The van der Waals surface area contributed by atoms with E-state index in [9.17, 15) is 0 Å². The quantitative estimate of drug-likeness (QED) is 0.570. The Bertz CT molecular complexity index is 767. The molecule has 1 N–H and O–H groups in total. The van der Waals surface area contributed by atoms with Crippen LogP contribution in [0, 0.1) is 6.92 Å².